The van der Waals surface area contributed by atoms with Crippen LogP contribution in [0.2, 0.25) is 0 Å². The third-order valence-electron chi connectivity index (χ3n) is 5.09. The van der Waals surface area contributed by atoms with Gasteiger partial charge in [0.05, 0.1) is 0 Å². The Morgan fingerprint density at radius 2 is 1.62 bits per heavy atom. The molecule has 1 spiro atoms. The Hall–Kier alpha value is -0.610. The van der Waals surface area contributed by atoms with Crippen LogP contribution in [0.25, 0.3) is 0 Å². The van der Waals surface area contributed by atoms with Crippen LogP contribution >= 0.6 is 0 Å². The Morgan fingerprint density at radius 3 is 2.00 bits per heavy atom. The van der Waals surface area contributed by atoms with E-state index >= 15 is 0 Å². The van der Waals surface area contributed by atoms with E-state index in [0.717, 1.165) is 12.8 Å². The molecule has 2 saturated heterocycles. The minimum Gasteiger partial charge on any atom is -0.339 e. The predicted molar refractivity (Wildman–Crippen MR) is 85.0 cm³/mol. The number of amides is 1. The molecule has 1 amide bonds. The summed E-state index contributed by atoms with van der Waals surface area (Å²) in [5, 5.41) is 3.68. The molecule has 0 aromatic carbocycles. The van der Waals surface area contributed by atoms with Crippen molar-refractivity contribution < 1.29 is 9.53 Å². The zero-order valence-electron chi connectivity index (χ0n) is 15.0. The summed E-state index contributed by atoms with van der Waals surface area (Å²) in [4.78, 5) is 15.0. The first-order chi connectivity index (χ1) is 9.38. The maximum atomic E-state index is 13.0. The molecule has 2 rings (SSSR count). The summed E-state index contributed by atoms with van der Waals surface area (Å²) in [6.07, 6.45) is 1.65. The van der Waals surface area contributed by atoms with Crippen molar-refractivity contribution in [3.63, 3.8) is 0 Å². The third kappa shape index (κ3) is 2.61. The van der Waals surface area contributed by atoms with Crippen LogP contribution in [0.5, 0.6) is 0 Å². The molecule has 1 N–H and O–H groups in total. The van der Waals surface area contributed by atoms with Gasteiger partial charge in [0.1, 0.15) is 11.3 Å². The van der Waals surface area contributed by atoms with Crippen LogP contribution in [-0.4, -0.2) is 39.8 Å². The SMILES string of the molecule is CCN1C(=O)C(C)(C(C)C)OC12CC(C)(C)NC(C)(C)C2. The van der Waals surface area contributed by atoms with Crippen molar-refractivity contribution in [3.8, 4) is 0 Å². The molecule has 0 bridgehead atoms. The lowest BCUT2D eigenvalue weighted by molar-refractivity contribution is -0.189. The van der Waals surface area contributed by atoms with Gasteiger partial charge in [-0.05, 0) is 47.5 Å². The summed E-state index contributed by atoms with van der Waals surface area (Å²) in [5.41, 5.74) is -1.31. The first-order valence-corrected chi connectivity index (χ1v) is 8.19. The lowest BCUT2D eigenvalue weighted by Crippen LogP contribution is -2.67. The topological polar surface area (TPSA) is 41.6 Å². The summed E-state index contributed by atoms with van der Waals surface area (Å²) >= 11 is 0. The van der Waals surface area contributed by atoms with Gasteiger partial charge in [0, 0.05) is 30.5 Å². The molecule has 0 aromatic heterocycles. The van der Waals surface area contributed by atoms with Gasteiger partial charge in [0.2, 0.25) is 0 Å². The van der Waals surface area contributed by atoms with Crippen molar-refractivity contribution in [2.45, 2.75) is 90.6 Å². The number of likely N-dealkylation sites (N-methyl/N-ethyl adjacent to an activating group) is 1. The standard InChI is InChI=1S/C17H32N2O2/c1-9-19-13(20)16(8,12(2)3)21-17(19)10-14(4,5)18-15(6,7)11-17/h12,18H,9-11H2,1-8H3. The fraction of sp³-hybridized carbons (Fsp3) is 0.941. The molecule has 0 saturated carbocycles. The Balaban J connectivity index is 2.48. The number of ether oxygens (including phenoxy) is 1. The molecule has 4 nitrogen and oxygen atoms in total. The highest BCUT2D eigenvalue weighted by Gasteiger charge is 2.63. The quantitative estimate of drug-likeness (QED) is 0.852. The van der Waals surface area contributed by atoms with Crippen molar-refractivity contribution in [1.82, 2.24) is 10.2 Å². The van der Waals surface area contributed by atoms with Crippen molar-refractivity contribution in [2.75, 3.05) is 6.54 Å². The molecule has 21 heavy (non-hydrogen) atoms. The van der Waals surface area contributed by atoms with Crippen molar-refractivity contribution in [1.29, 1.82) is 0 Å². The second-order valence-corrected chi connectivity index (χ2v) is 8.61. The lowest BCUT2D eigenvalue weighted by Gasteiger charge is -2.53. The molecule has 2 aliphatic rings. The van der Waals surface area contributed by atoms with E-state index in [-0.39, 0.29) is 22.9 Å². The second kappa shape index (κ2) is 4.69. The summed E-state index contributed by atoms with van der Waals surface area (Å²) < 4.78 is 6.56. The van der Waals surface area contributed by atoms with Crippen LogP contribution in [0.1, 0.15) is 68.2 Å². The minimum atomic E-state index is -0.709. The smallest absolute Gasteiger partial charge is 0.257 e. The molecule has 2 heterocycles. The second-order valence-electron chi connectivity index (χ2n) is 8.61. The van der Waals surface area contributed by atoms with E-state index in [4.69, 9.17) is 4.74 Å². The third-order valence-corrected chi connectivity index (χ3v) is 5.09. The Labute approximate surface area is 129 Å². The highest BCUT2D eigenvalue weighted by atomic mass is 16.6. The van der Waals surface area contributed by atoms with Gasteiger partial charge >= 0.3 is 0 Å². The van der Waals surface area contributed by atoms with Crippen LogP contribution in [-0.2, 0) is 9.53 Å². The Morgan fingerprint density at radius 1 is 1.14 bits per heavy atom. The van der Waals surface area contributed by atoms with Crippen molar-refractivity contribution in [3.05, 3.63) is 0 Å². The van der Waals surface area contributed by atoms with E-state index < -0.39 is 11.3 Å². The van der Waals surface area contributed by atoms with E-state index in [0.29, 0.717) is 6.54 Å². The van der Waals surface area contributed by atoms with Gasteiger partial charge in [-0.3, -0.25) is 4.79 Å². The van der Waals surface area contributed by atoms with Crippen molar-refractivity contribution >= 4 is 5.91 Å². The van der Waals surface area contributed by atoms with E-state index in [9.17, 15) is 4.79 Å². The zero-order valence-corrected chi connectivity index (χ0v) is 15.0. The Kier molecular flexibility index (Phi) is 3.74. The molecular formula is C17H32N2O2. The van der Waals surface area contributed by atoms with Crippen LogP contribution < -0.4 is 5.32 Å². The van der Waals surface area contributed by atoms with Crippen molar-refractivity contribution in [2.24, 2.45) is 5.92 Å². The molecule has 2 fully saturated rings. The first-order valence-electron chi connectivity index (χ1n) is 8.19. The van der Waals surface area contributed by atoms with Crippen LogP contribution in [0.15, 0.2) is 0 Å². The molecule has 4 heteroatoms. The van der Waals surface area contributed by atoms with E-state index in [2.05, 4.69) is 53.8 Å². The number of carbonyl (C=O) groups excluding carboxylic acids is 1. The van der Waals surface area contributed by atoms with Gasteiger partial charge in [0.25, 0.3) is 5.91 Å². The maximum absolute atomic E-state index is 13.0. The normalized spacial score (nSPS) is 34.0. The van der Waals surface area contributed by atoms with Crippen LogP contribution in [0, 0.1) is 5.92 Å². The molecule has 2 aliphatic heterocycles. The number of carbonyl (C=O) groups is 1. The van der Waals surface area contributed by atoms with Gasteiger partial charge in [-0.2, -0.15) is 0 Å². The number of rotatable bonds is 2. The molecule has 0 radical (unpaired) electrons. The fourth-order valence-electron chi connectivity index (χ4n) is 4.45. The van der Waals surface area contributed by atoms with Gasteiger partial charge in [-0.25, -0.2) is 0 Å². The van der Waals surface area contributed by atoms with E-state index in [1.54, 1.807) is 0 Å². The summed E-state index contributed by atoms with van der Waals surface area (Å²) in [6, 6.07) is 0. The fourth-order valence-corrected chi connectivity index (χ4v) is 4.45. The van der Waals surface area contributed by atoms with Gasteiger partial charge in [-0.15, -0.1) is 0 Å². The molecule has 1 unspecified atom stereocenters. The Bertz CT molecular complexity index is 426. The summed E-state index contributed by atoms with van der Waals surface area (Å²) in [5.74, 6) is 0.313. The lowest BCUT2D eigenvalue weighted by atomic mass is 9.76. The van der Waals surface area contributed by atoms with Gasteiger partial charge < -0.3 is 15.0 Å². The minimum absolute atomic E-state index is 0.0579. The number of nitrogens with one attached hydrogen (secondary N) is 1. The maximum Gasteiger partial charge on any atom is 0.257 e. The molecule has 1 atom stereocenters. The van der Waals surface area contributed by atoms with Gasteiger partial charge in [0.15, 0.2) is 0 Å². The highest BCUT2D eigenvalue weighted by molar-refractivity contribution is 5.87. The number of nitrogens with zero attached hydrogens (tertiary/aromatic N) is 1. The average molecular weight is 296 g/mol. The molecule has 0 aromatic rings. The zero-order chi connectivity index (χ0) is 16.3. The van der Waals surface area contributed by atoms with Gasteiger partial charge in [-0.1, -0.05) is 13.8 Å². The molecular weight excluding hydrogens is 264 g/mol. The van der Waals surface area contributed by atoms with Crippen LogP contribution in [0.3, 0.4) is 0 Å². The predicted octanol–water partition coefficient (Wildman–Crippen LogP) is 2.92. The first kappa shape index (κ1) is 16.8. The van der Waals surface area contributed by atoms with E-state index in [1.807, 2.05) is 11.8 Å². The summed E-state index contributed by atoms with van der Waals surface area (Å²) in [7, 11) is 0. The average Bonchev–Trinajstić information content (AvgIpc) is 2.42. The number of piperidine rings is 1. The monoisotopic (exact) mass is 296 g/mol. The number of hydrogen-bond donors (Lipinski definition) is 1. The summed E-state index contributed by atoms with van der Waals surface area (Å²) in [6.45, 7) is 17.6. The molecule has 0 aliphatic carbocycles. The van der Waals surface area contributed by atoms with E-state index in [1.165, 1.54) is 0 Å². The van der Waals surface area contributed by atoms with Crippen LogP contribution in [0.4, 0.5) is 0 Å². The largest absolute Gasteiger partial charge is 0.339 e. The molecule has 122 valence electrons. The number of hydrogen-bond acceptors (Lipinski definition) is 3. The highest BCUT2D eigenvalue weighted by Crippen LogP contribution is 2.49.